The zero-order chi connectivity index (χ0) is 14.8. The van der Waals surface area contributed by atoms with E-state index >= 15 is 0 Å². The molecule has 0 heterocycles. The highest BCUT2D eigenvalue weighted by Crippen LogP contribution is 2.25. The Balaban J connectivity index is 2.20. The summed E-state index contributed by atoms with van der Waals surface area (Å²) in [6, 6.07) is 11.5. The Morgan fingerprint density at radius 3 is 2.25 bits per heavy atom. The van der Waals surface area contributed by atoms with Gasteiger partial charge in [-0.05, 0) is 30.3 Å². The molecule has 0 aliphatic carbocycles. The van der Waals surface area contributed by atoms with E-state index in [2.05, 4.69) is 5.32 Å². The van der Waals surface area contributed by atoms with Crippen molar-refractivity contribution in [1.82, 2.24) is 0 Å². The number of nitrogens with one attached hydrogen (secondary N) is 1. The smallest absolute Gasteiger partial charge is 0.238 e. The van der Waals surface area contributed by atoms with Crippen LogP contribution in [0.25, 0.3) is 0 Å². The van der Waals surface area contributed by atoms with E-state index in [1.807, 2.05) is 0 Å². The average molecular weight is 331 g/mol. The molecule has 2 rings (SSSR count). The Kier molecular flexibility index (Phi) is 4.55. The Hall–Kier alpha value is -1.27. The second-order valence-corrected chi connectivity index (χ2v) is 6.50. The summed E-state index contributed by atoms with van der Waals surface area (Å²) in [6.07, 6.45) is 0. The van der Waals surface area contributed by atoms with E-state index in [-0.39, 0.29) is 4.90 Å². The van der Waals surface area contributed by atoms with E-state index in [1.165, 1.54) is 12.1 Å². The Labute approximate surface area is 127 Å². The minimum Gasteiger partial charge on any atom is -0.381 e. The maximum absolute atomic E-state index is 11.3. The van der Waals surface area contributed by atoms with Gasteiger partial charge in [0.25, 0.3) is 0 Å². The van der Waals surface area contributed by atoms with E-state index < -0.39 is 10.0 Å². The van der Waals surface area contributed by atoms with Crippen LogP contribution < -0.4 is 10.5 Å². The van der Waals surface area contributed by atoms with Crippen molar-refractivity contribution in [2.45, 2.75) is 11.4 Å². The number of hydrogen-bond acceptors (Lipinski definition) is 3. The number of sulfonamides is 1. The van der Waals surface area contributed by atoms with Crippen LogP contribution in [0.1, 0.15) is 5.56 Å². The number of hydrogen-bond donors (Lipinski definition) is 2. The third-order valence-electron chi connectivity index (χ3n) is 2.69. The molecule has 2 aromatic carbocycles. The van der Waals surface area contributed by atoms with Gasteiger partial charge in [-0.3, -0.25) is 0 Å². The molecule has 0 saturated carbocycles. The summed E-state index contributed by atoms with van der Waals surface area (Å²) >= 11 is 12.1. The van der Waals surface area contributed by atoms with Gasteiger partial charge in [0.15, 0.2) is 0 Å². The molecule has 0 amide bonds. The van der Waals surface area contributed by atoms with Crippen molar-refractivity contribution in [2.24, 2.45) is 5.14 Å². The van der Waals surface area contributed by atoms with Crippen molar-refractivity contribution in [1.29, 1.82) is 0 Å². The maximum atomic E-state index is 11.3. The number of rotatable bonds is 4. The summed E-state index contributed by atoms with van der Waals surface area (Å²) in [5, 5.41) is 9.25. The van der Waals surface area contributed by atoms with Crippen LogP contribution in [0.3, 0.4) is 0 Å². The van der Waals surface area contributed by atoms with Gasteiger partial charge in [-0.2, -0.15) is 0 Å². The van der Waals surface area contributed by atoms with Gasteiger partial charge >= 0.3 is 0 Å². The first-order valence-corrected chi connectivity index (χ1v) is 7.98. The lowest BCUT2D eigenvalue weighted by Crippen LogP contribution is -2.12. The summed E-state index contributed by atoms with van der Waals surface area (Å²) in [7, 11) is -3.72. The first kappa shape index (κ1) is 15.1. The van der Waals surface area contributed by atoms with Crippen molar-refractivity contribution in [3.63, 3.8) is 0 Å². The molecular formula is C13H12Cl2N2O2S. The number of halogens is 2. The van der Waals surface area contributed by atoms with Gasteiger partial charge in [0, 0.05) is 27.8 Å². The van der Waals surface area contributed by atoms with Crippen LogP contribution in [0.2, 0.25) is 10.0 Å². The zero-order valence-corrected chi connectivity index (χ0v) is 12.6. The lowest BCUT2D eigenvalue weighted by atomic mass is 10.2. The third kappa shape index (κ3) is 3.64. The number of nitrogens with two attached hydrogens (primary N) is 1. The quantitative estimate of drug-likeness (QED) is 0.903. The molecule has 0 fully saturated rings. The minimum absolute atomic E-state index is 0.0488. The van der Waals surface area contributed by atoms with E-state index in [0.717, 1.165) is 5.56 Å². The minimum atomic E-state index is -3.72. The highest BCUT2D eigenvalue weighted by atomic mass is 35.5. The van der Waals surface area contributed by atoms with Gasteiger partial charge in [0.05, 0.1) is 4.90 Å². The summed E-state index contributed by atoms with van der Waals surface area (Å²) in [6.45, 7) is 0.382. The second-order valence-electron chi connectivity index (χ2n) is 4.13. The van der Waals surface area contributed by atoms with Crippen LogP contribution >= 0.6 is 23.2 Å². The molecule has 0 radical (unpaired) electrons. The highest BCUT2D eigenvalue weighted by molar-refractivity contribution is 7.89. The molecule has 4 nitrogen and oxygen atoms in total. The second kappa shape index (κ2) is 6.01. The van der Waals surface area contributed by atoms with Crippen LogP contribution in [0, 0.1) is 0 Å². The third-order valence-corrected chi connectivity index (χ3v) is 4.31. The Morgan fingerprint density at radius 2 is 1.65 bits per heavy atom. The van der Waals surface area contributed by atoms with Crippen LogP contribution in [-0.2, 0) is 16.6 Å². The normalized spacial score (nSPS) is 11.3. The van der Waals surface area contributed by atoms with Crippen LogP contribution in [-0.4, -0.2) is 8.42 Å². The summed E-state index contributed by atoms with van der Waals surface area (Å²) < 4.78 is 22.6. The molecule has 0 aliphatic heterocycles. The standard InChI is InChI=1S/C13H12Cl2N2O2S/c14-12-5-2-6-13(15)11(12)8-17-9-3-1-4-10(7-9)20(16,18)19/h1-7,17H,8H2,(H2,16,18,19). The summed E-state index contributed by atoms with van der Waals surface area (Å²) in [5.74, 6) is 0. The fourth-order valence-electron chi connectivity index (χ4n) is 1.67. The summed E-state index contributed by atoms with van der Waals surface area (Å²) in [5.41, 5.74) is 1.37. The van der Waals surface area contributed by atoms with Gasteiger partial charge in [-0.15, -0.1) is 0 Å². The maximum Gasteiger partial charge on any atom is 0.238 e. The molecule has 2 aromatic rings. The first-order valence-electron chi connectivity index (χ1n) is 5.67. The van der Waals surface area contributed by atoms with Gasteiger partial charge < -0.3 is 5.32 Å². The first-order chi connectivity index (χ1) is 9.38. The van der Waals surface area contributed by atoms with Gasteiger partial charge in [-0.25, -0.2) is 13.6 Å². The molecule has 0 unspecified atom stereocenters. The predicted octanol–water partition coefficient (Wildman–Crippen LogP) is 3.25. The van der Waals surface area contributed by atoms with E-state index in [9.17, 15) is 8.42 Å². The van der Waals surface area contributed by atoms with E-state index in [0.29, 0.717) is 22.3 Å². The van der Waals surface area contributed by atoms with Crippen molar-refractivity contribution >= 4 is 38.9 Å². The molecule has 20 heavy (non-hydrogen) atoms. The lowest BCUT2D eigenvalue weighted by molar-refractivity contribution is 0.598. The Bertz CT molecular complexity index is 713. The van der Waals surface area contributed by atoms with Crippen LogP contribution in [0.4, 0.5) is 5.69 Å². The van der Waals surface area contributed by atoms with E-state index in [1.54, 1.807) is 30.3 Å². The van der Waals surface area contributed by atoms with Gasteiger partial charge in [-0.1, -0.05) is 35.3 Å². The largest absolute Gasteiger partial charge is 0.381 e. The average Bonchev–Trinajstić information content (AvgIpc) is 2.37. The number of anilines is 1. The Morgan fingerprint density at radius 1 is 1.05 bits per heavy atom. The van der Waals surface area contributed by atoms with Gasteiger partial charge in [0.1, 0.15) is 0 Å². The highest BCUT2D eigenvalue weighted by Gasteiger charge is 2.09. The predicted molar refractivity (Wildman–Crippen MR) is 81.6 cm³/mol. The molecule has 0 aliphatic rings. The fourth-order valence-corrected chi connectivity index (χ4v) is 2.77. The van der Waals surface area contributed by atoms with Crippen molar-refractivity contribution in [3.8, 4) is 0 Å². The fraction of sp³-hybridized carbons (Fsp3) is 0.0769. The monoisotopic (exact) mass is 330 g/mol. The number of benzene rings is 2. The van der Waals surface area contributed by atoms with Crippen molar-refractivity contribution in [2.75, 3.05) is 5.32 Å². The lowest BCUT2D eigenvalue weighted by Gasteiger charge is -2.10. The molecule has 0 atom stereocenters. The molecular weight excluding hydrogens is 319 g/mol. The summed E-state index contributed by atoms with van der Waals surface area (Å²) in [4.78, 5) is 0.0488. The number of primary sulfonamides is 1. The van der Waals surface area contributed by atoms with Crippen LogP contribution in [0.5, 0.6) is 0 Å². The SMILES string of the molecule is NS(=O)(=O)c1cccc(NCc2c(Cl)cccc2Cl)c1. The van der Waals surface area contributed by atoms with Crippen molar-refractivity contribution < 1.29 is 8.42 Å². The molecule has 0 aromatic heterocycles. The molecule has 0 bridgehead atoms. The molecule has 3 N–H and O–H groups in total. The molecule has 7 heteroatoms. The molecule has 0 spiro atoms. The van der Waals surface area contributed by atoms with Crippen LogP contribution in [0.15, 0.2) is 47.4 Å². The molecule has 0 saturated heterocycles. The van der Waals surface area contributed by atoms with E-state index in [4.69, 9.17) is 28.3 Å². The molecule has 106 valence electrons. The van der Waals surface area contributed by atoms with Gasteiger partial charge in [0.2, 0.25) is 10.0 Å². The van der Waals surface area contributed by atoms with Crippen molar-refractivity contribution in [3.05, 3.63) is 58.1 Å². The topological polar surface area (TPSA) is 72.2 Å². The zero-order valence-electron chi connectivity index (χ0n) is 10.3.